The van der Waals surface area contributed by atoms with Gasteiger partial charge in [-0.3, -0.25) is 14.2 Å². The van der Waals surface area contributed by atoms with Crippen molar-refractivity contribution in [3.63, 3.8) is 0 Å². The van der Waals surface area contributed by atoms with Crippen molar-refractivity contribution in [1.82, 2.24) is 14.5 Å². The molecule has 0 saturated heterocycles. The Kier molecular flexibility index (Phi) is 4.63. The van der Waals surface area contributed by atoms with Gasteiger partial charge in [-0.1, -0.05) is 12.1 Å². The van der Waals surface area contributed by atoms with E-state index in [9.17, 15) is 9.59 Å². The van der Waals surface area contributed by atoms with Crippen LogP contribution in [0.4, 0.5) is 0 Å². The number of rotatable bonds is 4. The second-order valence-electron chi connectivity index (χ2n) is 4.88. The van der Waals surface area contributed by atoms with Gasteiger partial charge in [-0.25, -0.2) is 4.98 Å². The van der Waals surface area contributed by atoms with Gasteiger partial charge in [0.05, 0.1) is 16.8 Å². The Balaban J connectivity index is 2.65. The Labute approximate surface area is 128 Å². The van der Waals surface area contributed by atoms with E-state index in [2.05, 4.69) is 4.98 Å². The lowest BCUT2D eigenvalue weighted by Gasteiger charge is -2.23. The summed E-state index contributed by atoms with van der Waals surface area (Å²) in [5, 5.41) is 0.491. The predicted octanol–water partition coefficient (Wildman–Crippen LogP) is 2.17. The highest BCUT2D eigenvalue weighted by atomic mass is 35.5. The normalized spacial score (nSPS) is 12.4. The minimum Gasteiger partial charge on any atom is -0.344 e. The van der Waals surface area contributed by atoms with Crippen molar-refractivity contribution in [3.8, 4) is 0 Å². The third-order valence-corrected chi connectivity index (χ3v) is 3.83. The van der Waals surface area contributed by atoms with Crippen LogP contribution in [-0.4, -0.2) is 34.0 Å². The van der Waals surface area contributed by atoms with E-state index < -0.39 is 6.04 Å². The van der Waals surface area contributed by atoms with Crippen LogP contribution in [0.2, 0.25) is 0 Å². The summed E-state index contributed by atoms with van der Waals surface area (Å²) >= 11 is 5.92. The second-order valence-corrected chi connectivity index (χ2v) is 5.15. The van der Waals surface area contributed by atoms with E-state index in [4.69, 9.17) is 11.6 Å². The quantitative estimate of drug-likeness (QED) is 0.814. The number of para-hydroxylation sites is 1. The molecule has 1 aromatic heterocycles. The van der Waals surface area contributed by atoms with E-state index in [0.29, 0.717) is 23.3 Å². The topological polar surface area (TPSA) is 55.2 Å². The molecule has 2 aromatic rings. The fourth-order valence-corrected chi connectivity index (χ4v) is 2.46. The summed E-state index contributed by atoms with van der Waals surface area (Å²) in [5.74, 6) is 0.349. The molecule has 1 amide bonds. The first-order valence-electron chi connectivity index (χ1n) is 6.82. The van der Waals surface area contributed by atoms with Crippen LogP contribution in [0, 0.1) is 0 Å². The van der Waals surface area contributed by atoms with Crippen molar-refractivity contribution in [2.75, 3.05) is 13.6 Å². The molecular weight excluding hydrogens is 290 g/mol. The number of hydrogen-bond donors (Lipinski definition) is 0. The lowest BCUT2D eigenvalue weighted by Crippen LogP contribution is -2.38. The summed E-state index contributed by atoms with van der Waals surface area (Å²) in [6.45, 7) is 4.16. The fraction of sp³-hybridized carbons (Fsp3) is 0.400. The zero-order chi connectivity index (χ0) is 15.6. The summed E-state index contributed by atoms with van der Waals surface area (Å²) in [7, 11) is 1.71. The summed E-state index contributed by atoms with van der Waals surface area (Å²) in [6, 6.07) is 6.44. The molecule has 0 radical (unpaired) electrons. The van der Waals surface area contributed by atoms with E-state index in [1.54, 1.807) is 37.1 Å². The van der Waals surface area contributed by atoms with E-state index in [1.807, 2.05) is 13.0 Å². The summed E-state index contributed by atoms with van der Waals surface area (Å²) in [6.07, 6.45) is 0. The van der Waals surface area contributed by atoms with Crippen LogP contribution in [0.1, 0.15) is 25.7 Å². The fourth-order valence-electron chi connectivity index (χ4n) is 2.27. The molecule has 0 aliphatic rings. The molecule has 0 bridgehead atoms. The molecule has 21 heavy (non-hydrogen) atoms. The molecule has 1 heterocycles. The Morgan fingerprint density at radius 1 is 1.43 bits per heavy atom. The Morgan fingerprint density at radius 2 is 2.10 bits per heavy atom. The average molecular weight is 308 g/mol. The highest BCUT2D eigenvalue weighted by molar-refractivity contribution is 6.16. The maximum Gasteiger partial charge on any atom is 0.262 e. The van der Waals surface area contributed by atoms with E-state index >= 15 is 0 Å². The first kappa shape index (κ1) is 15.5. The largest absolute Gasteiger partial charge is 0.344 e. The molecule has 0 fully saturated rings. The van der Waals surface area contributed by atoms with E-state index in [0.717, 1.165) is 0 Å². The number of aromatic nitrogens is 2. The molecule has 1 atom stereocenters. The van der Waals surface area contributed by atoms with Crippen LogP contribution in [0.15, 0.2) is 29.1 Å². The van der Waals surface area contributed by atoms with E-state index in [-0.39, 0.29) is 17.3 Å². The first-order valence-corrected chi connectivity index (χ1v) is 7.35. The number of amides is 1. The van der Waals surface area contributed by atoms with Crippen molar-refractivity contribution in [3.05, 3.63) is 40.4 Å². The number of hydrogen-bond acceptors (Lipinski definition) is 3. The number of benzene rings is 1. The van der Waals surface area contributed by atoms with Crippen LogP contribution in [-0.2, 0) is 10.7 Å². The van der Waals surface area contributed by atoms with Gasteiger partial charge >= 0.3 is 0 Å². The molecule has 0 N–H and O–H groups in total. The predicted molar refractivity (Wildman–Crippen MR) is 83.6 cm³/mol. The standard InChI is InChI=1S/C15H18ClN3O2/c1-4-18(3)14(20)10(2)19-13(9-16)17-12-8-6-5-7-11(12)15(19)21/h5-8,10H,4,9H2,1-3H3. The SMILES string of the molecule is CCN(C)C(=O)C(C)n1c(CCl)nc2ccccc2c1=O. The average Bonchev–Trinajstić information content (AvgIpc) is 2.52. The zero-order valence-electron chi connectivity index (χ0n) is 12.3. The minimum atomic E-state index is -0.631. The molecule has 1 unspecified atom stereocenters. The smallest absolute Gasteiger partial charge is 0.262 e. The lowest BCUT2D eigenvalue weighted by molar-refractivity contribution is -0.132. The number of carbonyl (C=O) groups is 1. The summed E-state index contributed by atoms with van der Waals surface area (Å²) in [4.78, 5) is 31.0. The molecule has 5 nitrogen and oxygen atoms in total. The van der Waals surface area contributed by atoms with Gasteiger partial charge in [-0.05, 0) is 26.0 Å². The summed E-state index contributed by atoms with van der Waals surface area (Å²) < 4.78 is 1.39. The highest BCUT2D eigenvalue weighted by Gasteiger charge is 2.23. The van der Waals surface area contributed by atoms with Crippen molar-refractivity contribution in [2.24, 2.45) is 0 Å². The molecule has 2 rings (SSSR count). The van der Waals surface area contributed by atoms with Gasteiger partial charge in [0.25, 0.3) is 5.56 Å². The van der Waals surface area contributed by atoms with Gasteiger partial charge in [-0.2, -0.15) is 0 Å². The number of halogens is 1. The van der Waals surface area contributed by atoms with Gasteiger partial charge in [-0.15, -0.1) is 11.6 Å². The van der Waals surface area contributed by atoms with Crippen LogP contribution in [0.3, 0.4) is 0 Å². The summed E-state index contributed by atoms with van der Waals surface area (Å²) in [5.41, 5.74) is 0.361. The number of carbonyl (C=O) groups excluding carboxylic acids is 1. The third kappa shape index (κ3) is 2.78. The van der Waals surface area contributed by atoms with Crippen LogP contribution in [0.25, 0.3) is 10.9 Å². The van der Waals surface area contributed by atoms with E-state index in [1.165, 1.54) is 4.57 Å². The molecule has 0 aliphatic heterocycles. The minimum absolute atomic E-state index is 0.0769. The van der Waals surface area contributed by atoms with Gasteiger partial charge in [0, 0.05) is 13.6 Å². The Hall–Kier alpha value is -1.88. The van der Waals surface area contributed by atoms with Crippen molar-refractivity contribution < 1.29 is 4.79 Å². The molecule has 0 saturated carbocycles. The Morgan fingerprint density at radius 3 is 2.71 bits per heavy atom. The monoisotopic (exact) mass is 307 g/mol. The first-order chi connectivity index (χ1) is 10.0. The third-order valence-electron chi connectivity index (χ3n) is 3.60. The molecular formula is C15H18ClN3O2. The highest BCUT2D eigenvalue weighted by Crippen LogP contribution is 2.15. The lowest BCUT2D eigenvalue weighted by atomic mass is 10.2. The number of likely N-dealkylation sites (N-methyl/N-ethyl adjacent to an activating group) is 1. The number of fused-ring (bicyclic) bond motifs is 1. The van der Waals surface area contributed by atoms with Crippen LogP contribution in [0.5, 0.6) is 0 Å². The zero-order valence-corrected chi connectivity index (χ0v) is 13.1. The van der Waals surface area contributed by atoms with Gasteiger partial charge in [0.15, 0.2) is 0 Å². The van der Waals surface area contributed by atoms with Crippen molar-refractivity contribution in [1.29, 1.82) is 0 Å². The molecule has 0 spiro atoms. The van der Waals surface area contributed by atoms with Crippen LogP contribution < -0.4 is 5.56 Å². The number of alkyl halides is 1. The molecule has 1 aromatic carbocycles. The van der Waals surface area contributed by atoms with Crippen molar-refractivity contribution in [2.45, 2.75) is 25.8 Å². The van der Waals surface area contributed by atoms with Crippen molar-refractivity contribution >= 4 is 28.4 Å². The van der Waals surface area contributed by atoms with Gasteiger partial charge in [0.1, 0.15) is 11.9 Å². The molecule has 6 heteroatoms. The maximum absolute atomic E-state index is 12.7. The second kappa shape index (κ2) is 6.26. The molecule has 0 aliphatic carbocycles. The van der Waals surface area contributed by atoms with Crippen LogP contribution >= 0.6 is 11.6 Å². The Bertz CT molecular complexity index is 726. The molecule has 112 valence electrons. The number of nitrogens with zero attached hydrogens (tertiary/aromatic N) is 3. The van der Waals surface area contributed by atoms with Gasteiger partial charge in [0.2, 0.25) is 5.91 Å². The maximum atomic E-state index is 12.7. The van der Waals surface area contributed by atoms with Gasteiger partial charge < -0.3 is 4.90 Å².